The van der Waals surface area contributed by atoms with Crippen LogP contribution in [0.25, 0.3) is 11.7 Å². The Morgan fingerprint density at radius 2 is 2.12 bits per heavy atom. The number of aromatic nitrogens is 2. The molecule has 1 amide bonds. The number of carbonyl (C=O) groups is 2. The predicted octanol–water partition coefficient (Wildman–Crippen LogP) is 2.70. The lowest BCUT2D eigenvalue weighted by Gasteiger charge is -2.16. The molecule has 0 aliphatic carbocycles. The van der Waals surface area contributed by atoms with E-state index in [9.17, 15) is 9.59 Å². The van der Waals surface area contributed by atoms with E-state index in [4.69, 9.17) is 16.3 Å². The molecule has 0 aromatic carbocycles. The molecule has 2 heterocycles. The number of ether oxygens (including phenoxy) is 1. The Morgan fingerprint density at radius 1 is 1.38 bits per heavy atom. The van der Waals surface area contributed by atoms with E-state index in [1.165, 1.54) is 12.2 Å². The van der Waals surface area contributed by atoms with Gasteiger partial charge >= 0.3 is 5.97 Å². The lowest BCUT2D eigenvalue weighted by atomic mass is 10.1. The van der Waals surface area contributed by atoms with Gasteiger partial charge in [-0.05, 0) is 31.1 Å². The Bertz CT molecular complexity index is 768. The average Bonchev–Trinajstić information content (AvgIpc) is 2.86. The third-order valence-electron chi connectivity index (χ3n) is 3.63. The highest BCUT2D eigenvalue weighted by molar-refractivity contribution is 6.31. The van der Waals surface area contributed by atoms with Crippen molar-refractivity contribution >= 4 is 35.2 Å². The number of hydrogen-bond acceptors (Lipinski definition) is 4. The quantitative estimate of drug-likeness (QED) is 0.643. The molecule has 0 bridgehead atoms. The fourth-order valence-corrected chi connectivity index (χ4v) is 2.17. The molecule has 1 atom stereocenters. The number of hydrogen-bond donors (Lipinski definition) is 1. The summed E-state index contributed by atoms with van der Waals surface area (Å²) in [7, 11) is 0. The highest BCUT2D eigenvalue weighted by atomic mass is 35.5. The molecule has 24 heavy (non-hydrogen) atoms. The Kier molecular flexibility index (Phi) is 5.98. The van der Waals surface area contributed by atoms with Crippen molar-refractivity contribution in [1.82, 2.24) is 14.7 Å². The summed E-state index contributed by atoms with van der Waals surface area (Å²) in [6.07, 6.45) is 4.53. The Morgan fingerprint density at radius 3 is 2.83 bits per heavy atom. The summed E-state index contributed by atoms with van der Waals surface area (Å²) in [5.41, 5.74) is 1.25. The molecule has 0 radical (unpaired) electrons. The van der Waals surface area contributed by atoms with Gasteiger partial charge in [0.05, 0.1) is 5.69 Å². The van der Waals surface area contributed by atoms with E-state index in [1.807, 2.05) is 39.0 Å². The second-order valence-corrected chi connectivity index (χ2v) is 6.12. The zero-order valence-corrected chi connectivity index (χ0v) is 14.6. The average molecular weight is 350 g/mol. The minimum atomic E-state index is -0.621. The summed E-state index contributed by atoms with van der Waals surface area (Å²) < 4.78 is 6.68. The first-order valence-electron chi connectivity index (χ1n) is 7.65. The van der Waals surface area contributed by atoms with Crippen molar-refractivity contribution in [2.75, 3.05) is 6.61 Å². The molecule has 2 aromatic rings. The first-order valence-corrected chi connectivity index (χ1v) is 8.03. The Hall–Kier alpha value is -2.34. The Labute approximate surface area is 145 Å². The van der Waals surface area contributed by atoms with Crippen molar-refractivity contribution in [3.8, 4) is 0 Å². The van der Waals surface area contributed by atoms with E-state index in [0.29, 0.717) is 17.3 Å². The van der Waals surface area contributed by atoms with Gasteiger partial charge < -0.3 is 10.1 Å². The van der Waals surface area contributed by atoms with Gasteiger partial charge in [-0.15, -0.1) is 0 Å². The van der Waals surface area contributed by atoms with Crippen LogP contribution < -0.4 is 5.32 Å². The summed E-state index contributed by atoms with van der Waals surface area (Å²) >= 11 is 6.07. The largest absolute Gasteiger partial charge is 0.452 e. The van der Waals surface area contributed by atoms with Crippen molar-refractivity contribution < 1.29 is 14.3 Å². The molecule has 0 aliphatic heterocycles. The van der Waals surface area contributed by atoms with Crippen LogP contribution in [0.3, 0.4) is 0 Å². The van der Waals surface area contributed by atoms with E-state index < -0.39 is 5.97 Å². The third kappa shape index (κ3) is 4.58. The molecule has 2 rings (SSSR count). The number of amides is 1. The van der Waals surface area contributed by atoms with Crippen LogP contribution in [0.4, 0.5) is 0 Å². The summed E-state index contributed by atoms with van der Waals surface area (Å²) in [6.45, 7) is 5.58. The predicted molar refractivity (Wildman–Crippen MR) is 92.6 cm³/mol. The first kappa shape index (κ1) is 18.0. The molecule has 6 nitrogen and oxygen atoms in total. The smallest absolute Gasteiger partial charge is 0.331 e. The van der Waals surface area contributed by atoms with Crippen LogP contribution >= 0.6 is 11.6 Å². The lowest BCUT2D eigenvalue weighted by Crippen LogP contribution is -2.38. The summed E-state index contributed by atoms with van der Waals surface area (Å²) in [5, 5.41) is 3.05. The molecule has 2 aromatic heterocycles. The van der Waals surface area contributed by atoms with Gasteiger partial charge in [-0.3, -0.25) is 9.20 Å². The number of nitrogens with one attached hydrogen (secondary N) is 1. The van der Waals surface area contributed by atoms with Crippen LogP contribution in [0, 0.1) is 5.92 Å². The highest BCUT2D eigenvalue weighted by Crippen LogP contribution is 2.18. The van der Waals surface area contributed by atoms with Gasteiger partial charge in [0.15, 0.2) is 11.8 Å². The molecule has 0 aliphatic rings. The van der Waals surface area contributed by atoms with Crippen molar-refractivity contribution in [3.63, 3.8) is 0 Å². The van der Waals surface area contributed by atoms with Crippen LogP contribution in [0.5, 0.6) is 0 Å². The molecule has 0 unspecified atom stereocenters. The minimum Gasteiger partial charge on any atom is -0.452 e. The topological polar surface area (TPSA) is 72.7 Å². The monoisotopic (exact) mass is 349 g/mol. The number of pyridine rings is 1. The van der Waals surface area contributed by atoms with Gasteiger partial charge in [-0.1, -0.05) is 31.5 Å². The molecule has 0 spiro atoms. The van der Waals surface area contributed by atoms with Gasteiger partial charge in [0, 0.05) is 18.3 Å². The van der Waals surface area contributed by atoms with Gasteiger partial charge in [0.2, 0.25) is 0 Å². The highest BCUT2D eigenvalue weighted by Gasteiger charge is 2.12. The molecular weight excluding hydrogens is 330 g/mol. The van der Waals surface area contributed by atoms with Gasteiger partial charge in [-0.2, -0.15) is 0 Å². The Balaban J connectivity index is 1.93. The fourth-order valence-electron chi connectivity index (χ4n) is 1.93. The van der Waals surface area contributed by atoms with Gasteiger partial charge in [0.25, 0.3) is 5.91 Å². The minimum absolute atomic E-state index is 0.0173. The lowest BCUT2D eigenvalue weighted by molar-refractivity contribution is -0.144. The normalized spacial score (nSPS) is 12.7. The number of nitrogens with zero attached hydrogens (tertiary/aromatic N) is 2. The second-order valence-electron chi connectivity index (χ2n) is 5.76. The van der Waals surface area contributed by atoms with Crippen LogP contribution in [-0.2, 0) is 14.3 Å². The molecule has 0 saturated heterocycles. The van der Waals surface area contributed by atoms with Crippen LogP contribution in [-0.4, -0.2) is 33.9 Å². The van der Waals surface area contributed by atoms with E-state index in [0.717, 1.165) is 0 Å². The van der Waals surface area contributed by atoms with E-state index in [2.05, 4.69) is 10.3 Å². The molecular formula is C17H20ClN3O3. The summed E-state index contributed by atoms with van der Waals surface area (Å²) in [4.78, 5) is 27.6. The van der Waals surface area contributed by atoms with Crippen molar-refractivity contribution in [3.05, 3.63) is 41.3 Å². The molecule has 0 fully saturated rings. The fraction of sp³-hybridized carbons (Fsp3) is 0.353. The number of halogens is 1. The maximum Gasteiger partial charge on any atom is 0.331 e. The molecule has 0 saturated carbocycles. The van der Waals surface area contributed by atoms with Crippen molar-refractivity contribution in [2.24, 2.45) is 5.92 Å². The van der Waals surface area contributed by atoms with E-state index in [-0.39, 0.29) is 23.7 Å². The number of carbonyl (C=O) groups excluding carboxylic acids is 2. The molecule has 1 N–H and O–H groups in total. The maximum absolute atomic E-state index is 11.7. The summed E-state index contributed by atoms with van der Waals surface area (Å²) in [6, 6.07) is 5.50. The van der Waals surface area contributed by atoms with Gasteiger partial charge in [0.1, 0.15) is 5.65 Å². The van der Waals surface area contributed by atoms with Crippen molar-refractivity contribution in [2.45, 2.75) is 26.8 Å². The molecule has 128 valence electrons. The molecule has 7 heteroatoms. The zero-order chi connectivity index (χ0) is 17.7. The second kappa shape index (κ2) is 7.97. The zero-order valence-electron chi connectivity index (χ0n) is 13.8. The summed E-state index contributed by atoms with van der Waals surface area (Å²) in [5.74, 6) is -0.642. The number of esters is 1. The van der Waals surface area contributed by atoms with Crippen LogP contribution in [0.1, 0.15) is 26.5 Å². The number of fused-ring (bicyclic) bond motifs is 1. The van der Waals surface area contributed by atoms with Gasteiger partial charge in [-0.25, -0.2) is 9.78 Å². The standard InChI is InChI=1S/C17H20ClN3O3/c1-11(2)12(3)19-15(22)10-24-16(23)8-7-13-17(18)20-14-6-4-5-9-21(13)14/h4-9,11-12H,10H2,1-3H3,(H,19,22)/b8-7+/t12-/m1/s1. The van der Waals surface area contributed by atoms with E-state index in [1.54, 1.807) is 10.6 Å². The first-order chi connectivity index (χ1) is 11.4. The number of imidazole rings is 1. The number of rotatable bonds is 6. The SMILES string of the molecule is CC(C)[C@@H](C)NC(=O)COC(=O)/C=C/c1c(Cl)nc2ccccn12. The third-order valence-corrected chi connectivity index (χ3v) is 3.91. The maximum atomic E-state index is 11.7. The van der Waals surface area contributed by atoms with Crippen LogP contribution in [0.15, 0.2) is 30.5 Å². The van der Waals surface area contributed by atoms with E-state index >= 15 is 0 Å². The van der Waals surface area contributed by atoms with Crippen LogP contribution in [0.2, 0.25) is 5.15 Å². The van der Waals surface area contributed by atoms with Crippen molar-refractivity contribution in [1.29, 1.82) is 0 Å².